The normalized spacial score (nSPS) is 13.2. The Morgan fingerprint density at radius 2 is 0.336 bits per heavy atom. The van der Waals surface area contributed by atoms with Gasteiger partial charge in [0.2, 0.25) is 0 Å². The van der Waals surface area contributed by atoms with Crippen molar-refractivity contribution in [3.63, 3.8) is 0 Å². The van der Waals surface area contributed by atoms with Crippen LogP contribution in [0.2, 0.25) is 0 Å². The van der Waals surface area contributed by atoms with Crippen LogP contribution in [0.1, 0.15) is 49.9 Å². The van der Waals surface area contributed by atoms with Crippen molar-refractivity contribution in [1.82, 2.24) is 0 Å². The Hall–Kier alpha value is -18.8. The van der Waals surface area contributed by atoms with Gasteiger partial charge in [-0.2, -0.15) is 0 Å². The van der Waals surface area contributed by atoms with Crippen molar-refractivity contribution in [2.75, 3.05) is 0 Å². The topological polar surface area (TPSA) is 105 Å². The molecule has 32 rings (SSSR count). The first-order valence-electron chi connectivity index (χ1n) is 50.1. The molecule has 2 aliphatic carbocycles. The Morgan fingerprint density at radius 3 is 0.616 bits per heavy atom. The molecule has 22 aromatic carbocycles. The highest BCUT2D eigenvalue weighted by molar-refractivity contribution is 6.24. The Kier molecular flexibility index (Phi) is 17.3. The molecule has 8 aromatic heterocycles. The van der Waals surface area contributed by atoms with Crippen LogP contribution in [0.4, 0.5) is 0 Å². The van der Waals surface area contributed by atoms with Crippen molar-refractivity contribution >= 4 is 176 Å². The number of para-hydroxylation sites is 2. The third-order valence-electron chi connectivity index (χ3n) is 31.7. The lowest BCUT2D eigenvalue weighted by Crippen LogP contribution is -2.22. The maximum Gasteiger partial charge on any atom is 0.178 e. The van der Waals surface area contributed by atoms with Gasteiger partial charge in [-0.15, -0.1) is 0 Å². The average molecular weight is 1870 g/mol. The lowest BCUT2D eigenvalue weighted by atomic mass is 9.70. The van der Waals surface area contributed by atoms with E-state index in [1.54, 1.807) is 0 Å². The van der Waals surface area contributed by atoms with Crippen LogP contribution in [-0.4, -0.2) is 0 Å². The van der Waals surface area contributed by atoms with Crippen LogP contribution in [-0.2, 0) is 10.8 Å². The number of hydrogen-bond donors (Lipinski definition) is 0. The third-order valence-corrected chi connectivity index (χ3v) is 31.7. The van der Waals surface area contributed by atoms with Gasteiger partial charge in [-0.3, -0.25) is 0 Å². The molecule has 2 aliphatic rings. The average Bonchev–Trinajstić information content (AvgIpc) is 1.50. The van der Waals surface area contributed by atoms with Crippen LogP contribution in [0.5, 0.6) is 0 Å². The third kappa shape index (κ3) is 12.3. The number of furan rings is 8. The molecule has 0 fully saturated rings. The fourth-order valence-corrected chi connectivity index (χ4v) is 24.6. The fraction of sp³-hybridized carbons (Fsp3) is 0.0435. The van der Waals surface area contributed by atoms with Crippen LogP contribution in [0.15, 0.2) is 472 Å². The highest BCUT2D eigenvalue weighted by Crippen LogP contribution is 2.66. The zero-order chi connectivity index (χ0) is 96.2. The lowest BCUT2D eigenvalue weighted by Gasteiger charge is -2.32. The van der Waals surface area contributed by atoms with Gasteiger partial charge in [0.05, 0.1) is 0 Å². The Labute approximate surface area is 836 Å². The predicted octanol–water partition coefficient (Wildman–Crippen LogP) is 39.9. The molecule has 0 atom stereocenters. The van der Waals surface area contributed by atoms with Crippen LogP contribution in [0.3, 0.4) is 0 Å². The Balaban J connectivity index is 0.000000139. The van der Waals surface area contributed by atoms with Crippen LogP contribution < -0.4 is 0 Å². The largest absolute Gasteiger partial charge is 0.456 e. The smallest absolute Gasteiger partial charge is 0.178 e. The molecule has 0 spiro atoms. The van der Waals surface area contributed by atoms with Gasteiger partial charge in [-0.25, -0.2) is 0 Å². The molecule has 8 heteroatoms. The quantitative estimate of drug-likeness (QED) is 0.133. The molecule has 0 N–H and O–H groups in total. The molecule has 0 unspecified atom stereocenters. The molecule has 8 nitrogen and oxygen atoms in total. The van der Waals surface area contributed by atoms with Crippen molar-refractivity contribution in [2.24, 2.45) is 0 Å². The molecule has 0 saturated carbocycles. The fourth-order valence-electron chi connectivity index (χ4n) is 24.6. The van der Waals surface area contributed by atoms with E-state index in [2.05, 4.69) is 434 Å². The summed E-state index contributed by atoms with van der Waals surface area (Å²) in [5, 5.41) is 16.9. The van der Waals surface area contributed by atoms with Crippen LogP contribution >= 0.6 is 0 Å². The second-order valence-electron chi connectivity index (χ2n) is 40.6. The number of hydrogen-bond acceptors (Lipinski definition) is 8. The molecule has 0 radical (unpaired) electrons. The summed E-state index contributed by atoms with van der Waals surface area (Å²) in [4.78, 5) is 0. The van der Waals surface area contributed by atoms with E-state index >= 15 is 0 Å². The molecule has 30 aromatic rings. The van der Waals surface area contributed by atoms with Gasteiger partial charge in [-0.05, 0) is 332 Å². The Morgan fingerprint density at radius 1 is 0.130 bits per heavy atom. The maximum absolute atomic E-state index is 6.73. The van der Waals surface area contributed by atoms with Gasteiger partial charge in [0, 0.05) is 97.0 Å². The first-order valence-corrected chi connectivity index (χ1v) is 50.1. The van der Waals surface area contributed by atoms with Gasteiger partial charge in [-0.1, -0.05) is 289 Å². The van der Waals surface area contributed by atoms with E-state index in [9.17, 15) is 0 Å². The minimum atomic E-state index is -0.310. The van der Waals surface area contributed by atoms with Gasteiger partial charge in [0.25, 0.3) is 0 Å². The summed E-state index contributed by atoms with van der Waals surface area (Å²) < 4.78 is 52.5. The second kappa shape index (κ2) is 30.9. The molecule has 0 aliphatic heterocycles. The van der Waals surface area contributed by atoms with E-state index in [1.165, 1.54) is 89.0 Å². The van der Waals surface area contributed by atoms with Crippen molar-refractivity contribution in [2.45, 2.75) is 38.5 Å². The van der Waals surface area contributed by atoms with E-state index in [0.717, 1.165) is 242 Å². The van der Waals surface area contributed by atoms with Gasteiger partial charge in [0.15, 0.2) is 33.5 Å². The highest BCUT2D eigenvalue weighted by Gasteiger charge is 2.48. The first kappa shape index (κ1) is 82.0. The van der Waals surface area contributed by atoms with Gasteiger partial charge < -0.3 is 35.3 Å². The van der Waals surface area contributed by atoms with Crippen molar-refractivity contribution in [3.8, 4) is 134 Å². The highest BCUT2D eigenvalue weighted by atomic mass is 16.4. The predicted molar refractivity (Wildman–Crippen MR) is 601 cm³/mol. The van der Waals surface area contributed by atoms with Crippen molar-refractivity contribution in [1.29, 1.82) is 0 Å². The van der Waals surface area contributed by atoms with E-state index in [-0.39, 0.29) is 10.8 Å². The second-order valence-corrected chi connectivity index (χ2v) is 40.6. The lowest BCUT2D eigenvalue weighted by molar-refractivity contribution is 0.633. The summed E-state index contributed by atoms with van der Waals surface area (Å²) in [6.07, 6.45) is 0. The summed E-state index contributed by atoms with van der Waals surface area (Å²) in [6.45, 7) is 9.80. The molecular formula is C138H84O8. The van der Waals surface area contributed by atoms with Gasteiger partial charge in [0.1, 0.15) is 55.8 Å². The summed E-state index contributed by atoms with van der Waals surface area (Å²) in [5.74, 6) is 0. The van der Waals surface area contributed by atoms with E-state index in [0.29, 0.717) is 0 Å². The number of rotatable bonds is 10. The molecule has 8 heterocycles. The summed E-state index contributed by atoms with van der Waals surface area (Å²) >= 11 is 0. The molecular weight excluding hydrogens is 1790 g/mol. The number of fused-ring (bicyclic) bond motifs is 33. The van der Waals surface area contributed by atoms with Crippen LogP contribution in [0.25, 0.3) is 309 Å². The zero-order valence-corrected chi connectivity index (χ0v) is 79.8. The van der Waals surface area contributed by atoms with E-state index < -0.39 is 0 Å². The number of benzene rings is 22. The Bertz CT molecular complexity index is 10000. The molecule has 0 amide bonds. The molecule has 0 saturated heterocycles. The molecule has 146 heavy (non-hydrogen) atoms. The first-order chi connectivity index (χ1) is 71.8. The summed E-state index contributed by atoms with van der Waals surface area (Å²) in [7, 11) is 0. The monoisotopic (exact) mass is 1870 g/mol. The maximum atomic E-state index is 6.73. The van der Waals surface area contributed by atoms with E-state index in [4.69, 9.17) is 35.3 Å². The zero-order valence-electron chi connectivity index (χ0n) is 79.8. The molecule has 684 valence electrons. The minimum absolute atomic E-state index is 0.310. The molecule has 0 bridgehead atoms. The summed E-state index contributed by atoms with van der Waals surface area (Å²) in [6, 6.07) is 157. The standard InChI is InChI=1S/C78H42O6.C60H42O2/c1-4-10-43(11-5-1)46-16-28-67-61(37-46)55-22-25-58-64-40-49(19-31-70(64)82-76(58)73(55)79-67)52-34-53(50-20-32-71-65(41-50)59-26-23-56-62-38-47(44-12-6-2-7-13-44)17-29-68(62)80-74(56)77(59)83-71)36-54(35-52)51-21-33-72-66(42-51)60-27-24-57-63-39-48(45-14-8-3-9-15-45)18-30-69(63)81-75(57)78(60)84-72;1-59(2)47-33-39(37-25-29-51-45(31-37)41-19-11-13-21-49(41)61-51)23-27-43(47)55-53(35-15-7-5-8-16-35)56-44-28-24-40(38-26-30-52-46(32-38)42-20-12-14-22-50(42)62-52)34-48(44)60(3,4)58(56)54(57(55)59)36-17-9-6-10-18-36/h1-42H;5-34H,1-4H3. The SMILES string of the molecule is CC1(C)c2cc(-c3ccc4oc5ccccc5c4c3)ccc2-c2c(-c3ccccc3)c3c(c(-c4ccccc4)c21)C(C)(C)c1cc(-c2ccc4oc5ccccc5c4c2)ccc1-3.c1ccc(-c2ccc3oc4c(ccc5c6cc(-c7cc(-c8ccc9oc%10c(ccc%11c%12cc(-c%13ccccc%13)ccc%12oc%11%10)c9c8)cc(-c8ccc9oc%10c(ccc%11c%12cc(-c%13ccccc%13)ccc%12oc%11%10)c9c8)c7)ccc6oc54)c3c2)cc1. The van der Waals surface area contributed by atoms with Crippen molar-refractivity contribution < 1.29 is 35.3 Å². The van der Waals surface area contributed by atoms with E-state index in [1.807, 2.05) is 30.3 Å². The summed E-state index contributed by atoms with van der Waals surface area (Å²) in [5.41, 5.74) is 46.5. The minimum Gasteiger partial charge on any atom is -0.456 e. The van der Waals surface area contributed by atoms with Crippen molar-refractivity contribution in [3.05, 3.63) is 459 Å². The van der Waals surface area contributed by atoms with Gasteiger partial charge >= 0.3 is 0 Å². The van der Waals surface area contributed by atoms with Crippen LogP contribution in [0, 0.1) is 0 Å².